The number of nitrogens with one attached hydrogen (secondary N) is 3. The van der Waals surface area contributed by atoms with Crippen molar-refractivity contribution in [2.75, 3.05) is 13.1 Å². The number of carbonyl (C=O) groups excluding carboxylic acids is 3. The number of ether oxygens (including phenoxy) is 2. The molecule has 1 saturated heterocycles. The van der Waals surface area contributed by atoms with Crippen LogP contribution in [0.2, 0.25) is 0 Å². The second-order valence-electron chi connectivity index (χ2n) is 9.68. The van der Waals surface area contributed by atoms with Gasteiger partial charge in [0.2, 0.25) is 11.8 Å². The fourth-order valence-electron chi connectivity index (χ4n) is 4.87. The lowest BCUT2D eigenvalue weighted by molar-refractivity contribution is -0.160. The number of halogens is 2. The second kappa shape index (κ2) is 11.7. The molecule has 2 aliphatic heterocycles. The number of hydrogen-bond acceptors (Lipinski definition) is 8. The molecule has 6 rings (SSSR count). The number of hydrogen-bond donors (Lipinski definition) is 3. The van der Waals surface area contributed by atoms with E-state index >= 15 is 0 Å². The molecule has 3 amide bonds. The minimum Gasteiger partial charge on any atom is -0.455 e. The summed E-state index contributed by atoms with van der Waals surface area (Å²) in [5.41, 5.74) is 2.31. The Balaban J connectivity index is 1.09. The molecule has 0 unspecified atom stereocenters. The molecule has 2 aromatic carbocycles. The van der Waals surface area contributed by atoms with Crippen molar-refractivity contribution in [2.24, 2.45) is 0 Å². The van der Waals surface area contributed by atoms with Crippen molar-refractivity contribution in [3.8, 4) is 11.5 Å². The molecular weight excluding hydrogens is 570 g/mol. The molecule has 11 nitrogen and oxygen atoms in total. The Hall–Kier alpha value is -4.56. The predicted molar refractivity (Wildman–Crippen MR) is 146 cm³/mol. The quantitative estimate of drug-likeness (QED) is 0.248. The van der Waals surface area contributed by atoms with Crippen molar-refractivity contribution in [2.45, 2.75) is 41.5 Å². The van der Waals surface area contributed by atoms with Crippen molar-refractivity contribution in [3.05, 3.63) is 72.1 Å². The minimum absolute atomic E-state index is 0.0968. The van der Waals surface area contributed by atoms with Crippen LogP contribution in [0.3, 0.4) is 0 Å². The van der Waals surface area contributed by atoms with E-state index in [-0.39, 0.29) is 25.1 Å². The normalized spacial score (nSPS) is 17.5. The monoisotopic (exact) mass is 594 g/mol. The number of aromatic nitrogens is 3. The first kappa shape index (κ1) is 27.6. The number of alkyl halides is 2. The van der Waals surface area contributed by atoms with Crippen LogP contribution in [-0.2, 0) is 20.9 Å². The Bertz CT molecular complexity index is 1670. The third kappa shape index (κ3) is 5.90. The number of aromatic amines is 1. The Morgan fingerprint density at radius 1 is 1.10 bits per heavy atom. The van der Waals surface area contributed by atoms with Gasteiger partial charge in [0.05, 0.1) is 34.2 Å². The summed E-state index contributed by atoms with van der Waals surface area (Å²) in [6.07, 6.45) is 1.99. The lowest BCUT2D eigenvalue weighted by Crippen LogP contribution is -2.48. The number of likely N-dealkylation sites (tertiary alicyclic amines) is 1. The van der Waals surface area contributed by atoms with E-state index in [1.165, 1.54) is 11.8 Å². The molecule has 42 heavy (non-hydrogen) atoms. The van der Waals surface area contributed by atoms with Crippen molar-refractivity contribution >= 4 is 40.5 Å². The Morgan fingerprint density at radius 2 is 1.93 bits per heavy atom. The predicted octanol–water partition coefficient (Wildman–Crippen LogP) is 3.47. The van der Waals surface area contributed by atoms with Gasteiger partial charge in [0.1, 0.15) is 23.1 Å². The molecule has 3 N–H and O–H groups in total. The smallest absolute Gasteiger partial charge is 0.345 e. The maximum absolute atomic E-state index is 13.1. The first-order valence-corrected chi connectivity index (χ1v) is 13.8. The molecule has 4 aromatic rings. The highest BCUT2D eigenvalue weighted by atomic mass is 32.2. The number of rotatable bonds is 8. The fraction of sp³-hybridized carbons (Fsp3) is 0.250. The van der Waals surface area contributed by atoms with Crippen molar-refractivity contribution in [3.63, 3.8) is 0 Å². The minimum atomic E-state index is -3.06. The maximum Gasteiger partial charge on any atom is 0.345 e. The zero-order valence-corrected chi connectivity index (χ0v) is 22.7. The maximum atomic E-state index is 13.1. The van der Waals surface area contributed by atoms with Crippen LogP contribution in [0.4, 0.5) is 8.78 Å². The topological polar surface area (TPSA) is 139 Å². The van der Waals surface area contributed by atoms with Crippen LogP contribution in [0, 0.1) is 0 Å². The third-order valence-corrected chi connectivity index (χ3v) is 8.00. The van der Waals surface area contributed by atoms with Crippen molar-refractivity contribution in [1.82, 2.24) is 30.7 Å². The molecular formula is C28H24F2N6O5S. The number of pyridine rings is 1. The molecule has 2 aliphatic rings. The van der Waals surface area contributed by atoms with Gasteiger partial charge < -0.3 is 25.0 Å². The van der Waals surface area contributed by atoms with Crippen LogP contribution >= 0.6 is 11.8 Å². The Kier molecular flexibility index (Phi) is 7.71. The van der Waals surface area contributed by atoms with Crippen LogP contribution in [0.5, 0.6) is 11.5 Å². The van der Waals surface area contributed by atoms with Gasteiger partial charge in [-0.3, -0.25) is 24.5 Å². The summed E-state index contributed by atoms with van der Waals surface area (Å²) in [6.45, 7) is -3.63. The van der Waals surface area contributed by atoms with E-state index in [4.69, 9.17) is 4.74 Å². The third-order valence-electron chi connectivity index (χ3n) is 6.89. The zero-order valence-electron chi connectivity index (χ0n) is 21.9. The van der Waals surface area contributed by atoms with Crippen LogP contribution < -0.4 is 15.4 Å². The van der Waals surface area contributed by atoms with Gasteiger partial charge in [-0.25, -0.2) is 0 Å². The van der Waals surface area contributed by atoms with Crippen LogP contribution in [0.25, 0.3) is 11.0 Å². The first-order chi connectivity index (χ1) is 20.3. The molecule has 1 fully saturated rings. The summed E-state index contributed by atoms with van der Waals surface area (Å²) in [4.78, 5) is 46.3. The van der Waals surface area contributed by atoms with E-state index in [1.54, 1.807) is 36.7 Å². The van der Waals surface area contributed by atoms with Crippen molar-refractivity contribution in [1.29, 1.82) is 0 Å². The van der Waals surface area contributed by atoms with Gasteiger partial charge in [-0.2, -0.15) is 13.9 Å². The lowest BCUT2D eigenvalue weighted by Gasteiger charge is -2.24. The van der Waals surface area contributed by atoms with Crippen LogP contribution in [-0.4, -0.2) is 69.6 Å². The van der Waals surface area contributed by atoms with Crippen LogP contribution in [0.1, 0.15) is 22.3 Å². The van der Waals surface area contributed by atoms with E-state index in [0.29, 0.717) is 28.1 Å². The molecule has 0 radical (unpaired) electrons. The van der Waals surface area contributed by atoms with E-state index in [0.717, 1.165) is 14.7 Å². The average molecular weight is 595 g/mol. The average Bonchev–Trinajstić information content (AvgIpc) is 3.63. The van der Waals surface area contributed by atoms with Crippen molar-refractivity contribution < 1.29 is 32.6 Å². The van der Waals surface area contributed by atoms with Gasteiger partial charge in [0.15, 0.2) is 0 Å². The van der Waals surface area contributed by atoms with E-state index in [9.17, 15) is 23.2 Å². The number of nitrogens with zero attached hydrogens (tertiary/aromatic N) is 3. The SMILES string of the molecule is O=C(NCC(=O)N1C[C@H](OC(F)F)C[C@H]1C(=O)NCc1cnc2cn[nH]c2c1)c1ccc2c(c1)Oc1ccccc1S2. The van der Waals surface area contributed by atoms with Gasteiger partial charge in [-0.05, 0) is 42.0 Å². The van der Waals surface area contributed by atoms with Gasteiger partial charge in [-0.1, -0.05) is 23.9 Å². The standard InChI is InChI=1S/C28H24F2N6O5S/c29-28(30)40-17-9-20(27(39)32-11-15-7-18-19(31-10-15)12-34-35-18)36(14-17)25(37)13-33-26(38)16-5-6-24-22(8-16)41-21-3-1-2-4-23(21)42-24/h1-8,10,12,17,20,28H,9,11,13-14H2,(H,32,39)(H,33,38)(H,34,35)/t17-,20+/m1/s1. The Morgan fingerprint density at radius 3 is 2.79 bits per heavy atom. The summed E-state index contributed by atoms with van der Waals surface area (Å²) >= 11 is 1.52. The number of para-hydroxylation sites is 1. The van der Waals surface area contributed by atoms with Crippen LogP contribution in [0.15, 0.2) is 70.7 Å². The summed E-state index contributed by atoms with van der Waals surface area (Å²) < 4.78 is 36.4. The largest absolute Gasteiger partial charge is 0.455 e. The summed E-state index contributed by atoms with van der Waals surface area (Å²) in [6, 6.07) is 13.2. The number of amides is 3. The highest BCUT2D eigenvalue weighted by Gasteiger charge is 2.41. The molecule has 2 atom stereocenters. The molecule has 0 saturated carbocycles. The van der Waals surface area contributed by atoms with Gasteiger partial charge >= 0.3 is 6.61 Å². The number of benzene rings is 2. The molecule has 14 heteroatoms. The highest BCUT2D eigenvalue weighted by Crippen LogP contribution is 2.46. The lowest BCUT2D eigenvalue weighted by atomic mass is 10.1. The van der Waals surface area contributed by atoms with E-state index < -0.39 is 43.0 Å². The second-order valence-corrected chi connectivity index (χ2v) is 10.8. The zero-order chi connectivity index (χ0) is 29.2. The molecule has 0 bridgehead atoms. The Labute approximate surface area is 242 Å². The molecule has 0 aliphatic carbocycles. The fourth-order valence-corrected chi connectivity index (χ4v) is 5.80. The highest BCUT2D eigenvalue weighted by molar-refractivity contribution is 7.99. The number of carbonyl (C=O) groups is 3. The van der Waals surface area contributed by atoms with Gasteiger partial charge in [0.25, 0.3) is 5.91 Å². The number of fused-ring (bicyclic) bond motifs is 3. The number of H-pyrrole nitrogens is 1. The van der Waals surface area contributed by atoms with E-state index in [2.05, 4.69) is 30.6 Å². The summed E-state index contributed by atoms with van der Waals surface area (Å²) in [5, 5.41) is 12.0. The van der Waals surface area contributed by atoms with E-state index in [1.807, 2.05) is 24.3 Å². The summed E-state index contributed by atoms with van der Waals surface area (Å²) in [5.74, 6) is -0.476. The van der Waals surface area contributed by atoms with Gasteiger partial charge in [-0.15, -0.1) is 0 Å². The summed E-state index contributed by atoms with van der Waals surface area (Å²) in [7, 11) is 0. The van der Waals surface area contributed by atoms with Gasteiger partial charge in [0, 0.05) is 31.3 Å². The molecule has 2 aromatic heterocycles. The molecule has 216 valence electrons. The first-order valence-electron chi connectivity index (χ1n) is 13.0. The molecule has 4 heterocycles. The molecule has 0 spiro atoms.